The summed E-state index contributed by atoms with van der Waals surface area (Å²) in [6.07, 6.45) is 11.6. The third kappa shape index (κ3) is 1.93. The Kier molecular flexibility index (Phi) is 3.39. The molecule has 2 nitrogen and oxygen atoms in total. The predicted octanol–water partition coefficient (Wildman–Crippen LogP) is 4.80. The zero-order chi connectivity index (χ0) is 16.5. The van der Waals surface area contributed by atoms with Crippen LogP contribution < -0.4 is 0 Å². The molecule has 2 heteroatoms. The molecule has 0 bridgehead atoms. The summed E-state index contributed by atoms with van der Waals surface area (Å²) in [6, 6.07) is 0. The number of fused-ring (bicyclic) bond motifs is 5. The molecular weight excluding hydrogens is 284 g/mol. The van der Waals surface area contributed by atoms with Crippen LogP contribution in [0, 0.1) is 39.9 Å². The van der Waals surface area contributed by atoms with Crippen molar-refractivity contribution in [2.45, 2.75) is 78.6 Å². The van der Waals surface area contributed by atoms with Crippen LogP contribution in [0.2, 0.25) is 0 Å². The SMILES string of the molecule is CC1(C)CC(=O)C[C@@H]2CC[C@H]3[C@@H]4CCC[C@@]4(C)CC[C@@H]3[C@]21C=O. The highest BCUT2D eigenvalue weighted by molar-refractivity contribution is 5.83. The Morgan fingerprint density at radius 1 is 1.00 bits per heavy atom. The lowest BCUT2D eigenvalue weighted by Gasteiger charge is -2.63. The molecule has 0 unspecified atom stereocenters. The maximum absolute atomic E-state index is 12.6. The summed E-state index contributed by atoms with van der Waals surface area (Å²) >= 11 is 0. The average Bonchev–Trinajstić information content (AvgIpc) is 2.87. The Bertz CT molecular complexity index is 536. The first-order valence-corrected chi connectivity index (χ1v) is 9.82. The van der Waals surface area contributed by atoms with Crippen LogP contribution in [0.1, 0.15) is 78.6 Å². The minimum atomic E-state index is -0.242. The van der Waals surface area contributed by atoms with E-state index in [-0.39, 0.29) is 10.8 Å². The largest absolute Gasteiger partial charge is 0.303 e. The molecule has 4 aliphatic carbocycles. The van der Waals surface area contributed by atoms with Gasteiger partial charge in [0.05, 0.1) is 0 Å². The van der Waals surface area contributed by atoms with Crippen LogP contribution in [-0.2, 0) is 9.59 Å². The molecule has 0 radical (unpaired) electrons. The van der Waals surface area contributed by atoms with Gasteiger partial charge in [0.15, 0.2) is 0 Å². The zero-order valence-corrected chi connectivity index (χ0v) is 15.1. The van der Waals surface area contributed by atoms with Crippen molar-refractivity contribution in [1.82, 2.24) is 0 Å². The fraction of sp³-hybridized carbons (Fsp3) is 0.905. The molecule has 0 aromatic carbocycles. The van der Waals surface area contributed by atoms with Gasteiger partial charge in [-0.1, -0.05) is 27.2 Å². The van der Waals surface area contributed by atoms with Gasteiger partial charge in [-0.15, -0.1) is 0 Å². The molecule has 4 fully saturated rings. The monoisotopic (exact) mass is 316 g/mol. The average molecular weight is 316 g/mol. The van der Waals surface area contributed by atoms with Gasteiger partial charge in [-0.05, 0) is 73.0 Å². The third-order valence-electron chi connectivity index (χ3n) is 8.84. The van der Waals surface area contributed by atoms with E-state index in [1.54, 1.807) is 0 Å². The van der Waals surface area contributed by atoms with Crippen LogP contribution in [-0.4, -0.2) is 12.1 Å². The molecule has 128 valence electrons. The number of aldehydes is 1. The summed E-state index contributed by atoms with van der Waals surface area (Å²) in [7, 11) is 0. The minimum absolute atomic E-state index is 0.162. The number of Topliss-reactive ketones (excluding diaryl/α,β-unsaturated/α-hetero) is 1. The van der Waals surface area contributed by atoms with Crippen LogP contribution in [0.15, 0.2) is 0 Å². The Balaban J connectivity index is 1.77. The van der Waals surface area contributed by atoms with E-state index in [9.17, 15) is 9.59 Å². The maximum atomic E-state index is 12.6. The molecule has 4 aliphatic rings. The highest BCUT2D eigenvalue weighted by Gasteiger charge is 2.65. The van der Waals surface area contributed by atoms with E-state index in [1.165, 1.54) is 44.8 Å². The van der Waals surface area contributed by atoms with Crippen molar-refractivity contribution in [3.05, 3.63) is 0 Å². The highest BCUT2D eigenvalue weighted by Crippen LogP contribution is 2.69. The Morgan fingerprint density at radius 3 is 2.52 bits per heavy atom. The molecule has 0 N–H and O–H groups in total. The second kappa shape index (κ2) is 4.92. The Labute approximate surface area is 140 Å². The smallest absolute Gasteiger partial charge is 0.133 e. The standard InChI is InChI=1S/C21H32O2/c1-19(2)12-15(23)11-14-6-7-16-17-5-4-9-20(17,3)10-8-18(16)21(14,19)13-22/h13-14,16-18H,4-12H2,1-3H3/t14-,16-,17-,18-,20-,21-/m0/s1. The summed E-state index contributed by atoms with van der Waals surface area (Å²) in [6.45, 7) is 6.92. The lowest BCUT2D eigenvalue weighted by molar-refractivity contribution is -0.177. The molecule has 0 amide bonds. The molecule has 0 aromatic heterocycles. The van der Waals surface area contributed by atoms with E-state index in [2.05, 4.69) is 20.8 Å². The number of carbonyl (C=O) groups is 2. The Hall–Kier alpha value is -0.660. The van der Waals surface area contributed by atoms with E-state index < -0.39 is 0 Å². The molecule has 4 saturated carbocycles. The van der Waals surface area contributed by atoms with Gasteiger partial charge >= 0.3 is 0 Å². The molecular formula is C21H32O2. The molecule has 6 atom stereocenters. The first-order chi connectivity index (χ1) is 10.8. The van der Waals surface area contributed by atoms with E-state index in [0.717, 1.165) is 18.3 Å². The second-order valence-electron chi connectivity index (χ2n) is 10.1. The van der Waals surface area contributed by atoms with Gasteiger partial charge in [0.1, 0.15) is 12.1 Å². The summed E-state index contributed by atoms with van der Waals surface area (Å²) in [5, 5.41) is 0. The van der Waals surface area contributed by atoms with E-state index >= 15 is 0 Å². The highest BCUT2D eigenvalue weighted by atomic mass is 16.1. The quantitative estimate of drug-likeness (QED) is 0.651. The molecule has 23 heavy (non-hydrogen) atoms. The van der Waals surface area contributed by atoms with Crippen molar-refractivity contribution >= 4 is 12.1 Å². The predicted molar refractivity (Wildman–Crippen MR) is 90.9 cm³/mol. The lowest BCUT2D eigenvalue weighted by atomic mass is 9.39. The first-order valence-electron chi connectivity index (χ1n) is 9.82. The van der Waals surface area contributed by atoms with Gasteiger partial charge in [-0.25, -0.2) is 0 Å². The van der Waals surface area contributed by atoms with E-state index in [0.29, 0.717) is 35.9 Å². The van der Waals surface area contributed by atoms with Crippen molar-refractivity contribution in [3.63, 3.8) is 0 Å². The first kappa shape index (κ1) is 15.8. The second-order valence-corrected chi connectivity index (χ2v) is 10.1. The van der Waals surface area contributed by atoms with Crippen molar-refractivity contribution < 1.29 is 9.59 Å². The van der Waals surface area contributed by atoms with Crippen molar-refractivity contribution in [2.24, 2.45) is 39.9 Å². The summed E-state index contributed by atoms with van der Waals surface area (Å²) < 4.78 is 0. The molecule has 0 spiro atoms. The molecule has 0 aliphatic heterocycles. The van der Waals surface area contributed by atoms with Gasteiger partial charge < -0.3 is 4.79 Å². The van der Waals surface area contributed by atoms with Gasteiger partial charge in [0.2, 0.25) is 0 Å². The number of rotatable bonds is 1. The van der Waals surface area contributed by atoms with E-state index in [1.807, 2.05) is 0 Å². The number of hydrogen-bond acceptors (Lipinski definition) is 2. The van der Waals surface area contributed by atoms with Crippen molar-refractivity contribution in [3.8, 4) is 0 Å². The van der Waals surface area contributed by atoms with Gasteiger partial charge in [-0.3, -0.25) is 4.79 Å². The van der Waals surface area contributed by atoms with Crippen LogP contribution >= 0.6 is 0 Å². The van der Waals surface area contributed by atoms with Gasteiger partial charge in [-0.2, -0.15) is 0 Å². The summed E-state index contributed by atoms with van der Waals surface area (Å²) in [5.41, 5.74) is 0.130. The van der Waals surface area contributed by atoms with Crippen LogP contribution in [0.25, 0.3) is 0 Å². The van der Waals surface area contributed by atoms with Crippen LogP contribution in [0.5, 0.6) is 0 Å². The van der Waals surface area contributed by atoms with Crippen LogP contribution in [0.4, 0.5) is 0 Å². The van der Waals surface area contributed by atoms with Crippen molar-refractivity contribution in [2.75, 3.05) is 0 Å². The van der Waals surface area contributed by atoms with Gasteiger partial charge in [0, 0.05) is 18.3 Å². The third-order valence-corrected chi connectivity index (χ3v) is 8.84. The normalized spacial score (nSPS) is 51.5. The zero-order valence-electron chi connectivity index (χ0n) is 15.1. The maximum Gasteiger partial charge on any atom is 0.133 e. The lowest BCUT2D eigenvalue weighted by Crippen LogP contribution is -2.61. The summed E-state index contributed by atoms with van der Waals surface area (Å²) in [5.74, 6) is 2.77. The fourth-order valence-electron chi connectivity index (χ4n) is 7.87. The van der Waals surface area contributed by atoms with Crippen molar-refractivity contribution in [1.29, 1.82) is 0 Å². The number of hydrogen-bond donors (Lipinski definition) is 0. The van der Waals surface area contributed by atoms with E-state index in [4.69, 9.17) is 0 Å². The molecule has 0 saturated heterocycles. The number of ketones is 1. The molecule has 0 heterocycles. The summed E-state index contributed by atoms with van der Waals surface area (Å²) in [4.78, 5) is 24.8. The topological polar surface area (TPSA) is 34.1 Å². The fourth-order valence-corrected chi connectivity index (χ4v) is 7.87. The number of carbonyl (C=O) groups excluding carboxylic acids is 2. The minimum Gasteiger partial charge on any atom is -0.303 e. The Morgan fingerprint density at radius 2 is 1.78 bits per heavy atom. The molecule has 0 aromatic rings. The van der Waals surface area contributed by atoms with Crippen LogP contribution in [0.3, 0.4) is 0 Å². The molecule has 4 rings (SSSR count). The van der Waals surface area contributed by atoms with Gasteiger partial charge in [0.25, 0.3) is 0 Å².